The average molecular weight is 552 g/mol. The largest absolute Gasteiger partial charge is 0.485 e. The lowest BCUT2D eigenvalue weighted by Gasteiger charge is -2.24. The van der Waals surface area contributed by atoms with Crippen molar-refractivity contribution in [1.82, 2.24) is 15.2 Å². The van der Waals surface area contributed by atoms with Gasteiger partial charge in [-0.3, -0.25) is 9.79 Å². The number of aromatic nitrogens is 1. The van der Waals surface area contributed by atoms with Gasteiger partial charge in [-0.05, 0) is 67.3 Å². The van der Waals surface area contributed by atoms with Crippen LogP contribution in [0.2, 0.25) is 0 Å². The number of aliphatic imine (C=N–C) groups is 1. The predicted octanol–water partition coefficient (Wildman–Crippen LogP) is 3.95. The maximum Gasteiger partial charge on any atom is 0.209 e. The number of benzene rings is 1. The number of likely N-dealkylation sites (tertiary alicyclic amines) is 1. The summed E-state index contributed by atoms with van der Waals surface area (Å²) < 4.78 is 20.1. The monoisotopic (exact) mass is 551 g/mol. The second-order valence-corrected chi connectivity index (χ2v) is 10.00. The summed E-state index contributed by atoms with van der Waals surface area (Å²) in [5.74, 6) is 0.288. The van der Waals surface area contributed by atoms with Crippen molar-refractivity contribution >= 4 is 17.9 Å². The summed E-state index contributed by atoms with van der Waals surface area (Å²) >= 11 is 0. The molecule has 3 heterocycles. The summed E-state index contributed by atoms with van der Waals surface area (Å²) in [6.07, 6.45) is 9.29. The molecule has 2 aliphatic rings. The number of carbonyl (C=O) groups excluding carboxylic acids is 1. The number of allylic oxidation sites excluding steroid dienone is 2. The smallest absolute Gasteiger partial charge is 0.209 e. The molecule has 2 aromatic rings. The predicted molar refractivity (Wildman–Crippen MR) is 158 cm³/mol. The van der Waals surface area contributed by atoms with Crippen LogP contribution in [0.1, 0.15) is 68.7 Å². The molecule has 2 aliphatic heterocycles. The van der Waals surface area contributed by atoms with Gasteiger partial charge in [-0.2, -0.15) is 0 Å². The number of amides is 1. The molecule has 0 aliphatic carbocycles. The summed E-state index contributed by atoms with van der Waals surface area (Å²) in [5, 5.41) is 3.08. The van der Waals surface area contributed by atoms with Crippen molar-refractivity contribution in [3.63, 3.8) is 0 Å². The van der Waals surface area contributed by atoms with Crippen molar-refractivity contribution < 1.29 is 13.9 Å². The molecule has 0 saturated carbocycles. The maximum atomic E-state index is 14.1. The van der Waals surface area contributed by atoms with Crippen molar-refractivity contribution in [3.8, 4) is 5.75 Å². The molecule has 7 N–H and O–H groups in total. The van der Waals surface area contributed by atoms with Crippen LogP contribution in [0, 0.1) is 5.82 Å². The quantitative estimate of drug-likeness (QED) is 0.325. The zero-order valence-corrected chi connectivity index (χ0v) is 23.8. The first-order valence-electron chi connectivity index (χ1n) is 13.8. The zero-order valence-electron chi connectivity index (χ0n) is 23.8. The zero-order chi connectivity index (χ0) is 29.1. The lowest BCUT2D eigenvalue weighted by atomic mass is 9.88. The highest BCUT2D eigenvalue weighted by atomic mass is 19.1. The number of unbranched alkanes of at least 4 members (excludes halogenated alkanes) is 1. The van der Waals surface area contributed by atoms with E-state index in [1.807, 2.05) is 26.2 Å². The van der Waals surface area contributed by atoms with E-state index in [2.05, 4.69) is 17.2 Å². The number of nitrogens with two attached hydrogens (primary N) is 3. The van der Waals surface area contributed by atoms with Crippen LogP contribution in [0.3, 0.4) is 0 Å². The Morgan fingerprint density at radius 2 is 2.05 bits per heavy atom. The van der Waals surface area contributed by atoms with Gasteiger partial charge in [0.25, 0.3) is 0 Å². The Kier molecular flexibility index (Phi) is 11.5. The standard InChI is InChI=1S/C25H33FN6O.C5H9NO/c1-4-5-8-31-24-17-11-22(25(29)32-13-17)33-14-18-9-19(26)6-7-20(18)23(28)16(12-30-3)10-21(24)15(2)27;7-5-6-3-1-2-4-6/h6-7,9,11-13,23,30H,4-5,8,10,14,27-28H2,1-3H3,(H2,29,32);5H,1-4H2/b16-12-,21-15-,31-24?;. The lowest BCUT2D eigenvalue weighted by molar-refractivity contribution is -0.117. The number of carbonyl (C=O) groups is 1. The fourth-order valence-electron chi connectivity index (χ4n) is 4.67. The number of nitrogen functional groups attached to an aromatic ring is 1. The number of nitrogens with zero attached hydrogens (tertiary/aromatic N) is 3. The Balaban J connectivity index is 0.000000547. The molecule has 1 amide bonds. The number of hydrogen-bond donors (Lipinski definition) is 4. The first-order valence-corrected chi connectivity index (χ1v) is 13.8. The highest BCUT2D eigenvalue weighted by Gasteiger charge is 2.23. The number of fused-ring (bicyclic) bond motifs is 3. The molecule has 4 rings (SSSR count). The Morgan fingerprint density at radius 3 is 2.67 bits per heavy atom. The van der Waals surface area contributed by atoms with Gasteiger partial charge in [-0.1, -0.05) is 19.4 Å². The van der Waals surface area contributed by atoms with Crippen molar-refractivity contribution in [2.45, 2.75) is 58.6 Å². The first kappa shape index (κ1) is 30.6. The third-order valence-corrected chi connectivity index (χ3v) is 6.92. The van der Waals surface area contributed by atoms with Gasteiger partial charge in [-0.15, -0.1) is 0 Å². The van der Waals surface area contributed by atoms with E-state index in [4.69, 9.17) is 26.9 Å². The Bertz CT molecular complexity index is 1250. The van der Waals surface area contributed by atoms with Gasteiger partial charge in [0.1, 0.15) is 12.4 Å². The molecule has 40 heavy (non-hydrogen) atoms. The van der Waals surface area contributed by atoms with Gasteiger partial charge in [0.05, 0.1) is 11.8 Å². The van der Waals surface area contributed by atoms with Crippen LogP contribution in [0.5, 0.6) is 5.75 Å². The van der Waals surface area contributed by atoms with Crippen LogP contribution in [0.4, 0.5) is 10.2 Å². The number of hydrogen-bond acceptors (Lipinski definition) is 8. The van der Waals surface area contributed by atoms with E-state index < -0.39 is 6.04 Å². The highest BCUT2D eigenvalue weighted by Crippen LogP contribution is 2.33. The minimum atomic E-state index is -0.504. The molecule has 1 fully saturated rings. The highest BCUT2D eigenvalue weighted by molar-refractivity contribution is 6.13. The van der Waals surface area contributed by atoms with Gasteiger partial charge < -0.3 is 32.2 Å². The number of anilines is 1. The second-order valence-electron chi connectivity index (χ2n) is 10.00. The Morgan fingerprint density at radius 1 is 1.30 bits per heavy atom. The van der Waals surface area contributed by atoms with Gasteiger partial charge in [0, 0.05) is 56.1 Å². The molecule has 1 unspecified atom stereocenters. The molecule has 10 heteroatoms. The number of nitrogens with one attached hydrogen (secondary N) is 1. The summed E-state index contributed by atoms with van der Waals surface area (Å²) in [6.45, 7) is 6.68. The molecule has 1 atom stereocenters. The first-order chi connectivity index (χ1) is 19.3. The summed E-state index contributed by atoms with van der Waals surface area (Å²) in [7, 11) is 1.82. The van der Waals surface area contributed by atoms with Crippen LogP contribution in [0.15, 0.2) is 58.5 Å². The number of halogens is 1. The molecule has 0 radical (unpaired) electrons. The van der Waals surface area contributed by atoms with E-state index in [-0.39, 0.29) is 18.2 Å². The Hall–Kier alpha value is -3.92. The van der Waals surface area contributed by atoms with Crippen molar-refractivity contribution in [3.05, 3.63) is 76.0 Å². The number of rotatable bonds is 5. The average Bonchev–Trinajstić information content (AvgIpc) is 3.47. The molecular weight excluding hydrogens is 509 g/mol. The third-order valence-electron chi connectivity index (χ3n) is 6.92. The summed E-state index contributed by atoms with van der Waals surface area (Å²) in [6, 6.07) is 5.85. The third kappa shape index (κ3) is 8.05. The summed E-state index contributed by atoms with van der Waals surface area (Å²) in [4.78, 5) is 21.0. The van der Waals surface area contributed by atoms with Crippen LogP contribution < -0.4 is 27.3 Å². The van der Waals surface area contributed by atoms with Crippen LogP contribution >= 0.6 is 0 Å². The second kappa shape index (κ2) is 15.0. The molecule has 1 aromatic carbocycles. The van der Waals surface area contributed by atoms with Crippen LogP contribution in [-0.4, -0.2) is 48.7 Å². The molecular formula is C30H42FN7O2. The fourth-order valence-corrected chi connectivity index (χ4v) is 4.67. The van der Waals surface area contributed by atoms with E-state index in [9.17, 15) is 9.18 Å². The number of pyridine rings is 1. The molecule has 1 aromatic heterocycles. The number of ether oxygens (including phenoxy) is 1. The molecule has 216 valence electrons. The van der Waals surface area contributed by atoms with Gasteiger partial charge in [-0.25, -0.2) is 9.37 Å². The lowest BCUT2D eigenvalue weighted by Crippen LogP contribution is -2.22. The van der Waals surface area contributed by atoms with E-state index in [1.165, 1.54) is 25.0 Å². The molecule has 0 spiro atoms. The molecule has 9 nitrogen and oxygen atoms in total. The summed E-state index contributed by atoms with van der Waals surface area (Å²) in [5.41, 5.74) is 24.5. The minimum Gasteiger partial charge on any atom is -0.485 e. The van der Waals surface area contributed by atoms with E-state index in [0.717, 1.165) is 60.3 Å². The SMILES string of the molecule is CCCCN=C1/C(=C(/C)N)C/C(=C/NC)C(N)c2ccc(F)cc2COc2cc1cnc2N.O=CN1CCCC1. The molecule has 1 saturated heterocycles. The fraction of sp³-hybridized carbons (Fsp3) is 0.433. The van der Waals surface area contributed by atoms with Crippen molar-refractivity contribution in [1.29, 1.82) is 0 Å². The van der Waals surface area contributed by atoms with E-state index >= 15 is 0 Å². The van der Waals surface area contributed by atoms with Crippen molar-refractivity contribution in [2.75, 3.05) is 32.4 Å². The molecule has 2 bridgehead atoms. The van der Waals surface area contributed by atoms with Gasteiger partial charge in [0.15, 0.2) is 11.6 Å². The van der Waals surface area contributed by atoms with Gasteiger partial charge >= 0.3 is 0 Å². The topological polar surface area (TPSA) is 145 Å². The van der Waals surface area contributed by atoms with Crippen molar-refractivity contribution in [2.24, 2.45) is 16.5 Å². The normalized spacial score (nSPS) is 20.4. The van der Waals surface area contributed by atoms with Crippen LogP contribution in [0.25, 0.3) is 0 Å². The Labute approximate surface area is 236 Å². The van der Waals surface area contributed by atoms with E-state index in [0.29, 0.717) is 30.0 Å². The maximum absolute atomic E-state index is 14.1. The minimum absolute atomic E-state index is 0.101. The van der Waals surface area contributed by atoms with E-state index in [1.54, 1.807) is 17.2 Å². The van der Waals surface area contributed by atoms with Gasteiger partial charge in [0.2, 0.25) is 6.41 Å². The van der Waals surface area contributed by atoms with Crippen LogP contribution in [-0.2, 0) is 11.4 Å².